The van der Waals surface area contributed by atoms with Gasteiger partial charge < -0.3 is 4.74 Å². The second-order valence-electron chi connectivity index (χ2n) is 6.91. The number of rotatable bonds is 5. The van der Waals surface area contributed by atoms with E-state index in [0.717, 1.165) is 6.26 Å². The van der Waals surface area contributed by atoms with Gasteiger partial charge in [0, 0.05) is 30.4 Å². The SMILES string of the molecule is CC(C)Oc1nccn2c(-c3ccnc(S(C)(=O)=O)n3)c(-c3ccc(F)cc3)nc12. The van der Waals surface area contributed by atoms with Crippen LogP contribution in [0.4, 0.5) is 4.39 Å². The van der Waals surface area contributed by atoms with Gasteiger partial charge >= 0.3 is 0 Å². The fraction of sp³-hybridized carbons (Fsp3) is 0.200. The van der Waals surface area contributed by atoms with Gasteiger partial charge in [-0.05, 0) is 44.2 Å². The van der Waals surface area contributed by atoms with Gasteiger partial charge in [0.05, 0.1) is 23.2 Å². The maximum absolute atomic E-state index is 13.5. The van der Waals surface area contributed by atoms with Crippen molar-refractivity contribution in [3.63, 3.8) is 0 Å². The Morgan fingerprint density at radius 2 is 1.77 bits per heavy atom. The summed E-state index contributed by atoms with van der Waals surface area (Å²) < 4.78 is 44.9. The van der Waals surface area contributed by atoms with Crippen molar-refractivity contribution in [1.29, 1.82) is 0 Å². The quantitative estimate of drug-likeness (QED) is 0.451. The summed E-state index contributed by atoms with van der Waals surface area (Å²) in [4.78, 5) is 17.0. The van der Waals surface area contributed by atoms with Crippen LogP contribution in [0, 0.1) is 5.82 Å². The summed E-state index contributed by atoms with van der Waals surface area (Å²) in [5.74, 6) is -0.0598. The average Bonchev–Trinajstić information content (AvgIpc) is 3.08. The summed E-state index contributed by atoms with van der Waals surface area (Å²) in [6.45, 7) is 3.75. The number of hydrogen-bond donors (Lipinski definition) is 0. The number of aromatic nitrogens is 5. The molecule has 0 N–H and O–H groups in total. The van der Waals surface area contributed by atoms with Crippen LogP contribution in [0.3, 0.4) is 0 Å². The summed E-state index contributed by atoms with van der Waals surface area (Å²) in [7, 11) is -3.62. The minimum Gasteiger partial charge on any atom is -0.472 e. The van der Waals surface area contributed by atoms with Gasteiger partial charge in [0.25, 0.3) is 5.88 Å². The molecule has 8 nitrogen and oxygen atoms in total. The lowest BCUT2D eigenvalue weighted by Crippen LogP contribution is -2.08. The molecule has 0 saturated heterocycles. The highest BCUT2D eigenvalue weighted by molar-refractivity contribution is 7.90. The van der Waals surface area contributed by atoms with Crippen LogP contribution in [0.5, 0.6) is 5.88 Å². The van der Waals surface area contributed by atoms with Crippen LogP contribution in [0.15, 0.2) is 54.1 Å². The summed E-state index contributed by atoms with van der Waals surface area (Å²) in [6.07, 6.45) is 5.52. The van der Waals surface area contributed by atoms with Crippen molar-refractivity contribution < 1.29 is 17.5 Å². The molecule has 0 aliphatic rings. The van der Waals surface area contributed by atoms with Gasteiger partial charge in [-0.15, -0.1) is 0 Å². The number of benzene rings is 1. The lowest BCUT2D eigenvalue weighted by atomic mass is 10.1. The fourth-order valence-electron chi connectivity index (χ4n) is 2.97. The summed E-state index contributed by atoms with van der Waals surface area (Å²) in [5.41, 5.74) is 2.40. The Morgan fingerprint density at radius 1 is 1.03 bits per heavy atom. The molecule has 0 radical (unpaired) electrons. The maximum Gasteiger partial charge on any atom is 0.258 e. The van der Waals surface area contributed by atoms with E-state index in [4.69, 9.17) is 4.74 Å². The van der Waals surface area contributed by atoms with E-state index < -0.39 is 9.84 Å². The Hall–Kier alpha value is -3.40. The molecular weight excluding hydrogens is 409 g/mol. The Balaban J connectivity index is 2.04. The zero-order valence-corrected chi connectivity index (χ0v) is 17.3. The number of sulfone groups is 1. The topological polar surface area (TPSA) is 99.3 Å². The number of nitrogens with zero attached hydrogens (tertiary/aromatic N) is 5. The number of imidazole rings is 1. The maximum atomic E-state index is 13.5. The van der Waals surface area contributed by atoms with Crippen molar-refractivity contribution >= 4 is 15.5 Å². The molecular formula is C20H18FN5O3S. The van der Waals surface area contributed by atoms with Gasteiger partial charge in [0.2, 0.25) is 20.6 Å². The van der Waals surface area contributed by atoms with Crippen LogP contribution in [0.1, 0.15) is 13.8 Å². The van der Waals surface area contributed by atoms with Gasteiger partial charge in [-0.2, -0.15) is 0 Å². The van der Waals surface area contributed by atoms with E-state index in [-0.39, 0.29) is 17.1 Å². The number of fused-ring (bicyclic) bond motifs is 1. The first kappa shape index (κ1) is 19.9. The highest BCUT2D eigenvalue weighted by atomic mass is 32.2. The van der Waals surface area contributed by atoms with E-state index in [1.54, 1.807) is 35.0 Å². The summed E-state index contributed by atoms with van der Waals surface area (Å²) in [5, 5.41) is -0.298. The minimum absolute atomic E-state index is 0.131. The van der Waals surface area contributed by atoms with Crippen molar-refractivity contribution in [3.8, 4) is 28.5 Å². The molecule has 3 aromatic heterocycles. The van der Waals surface area contributed by atoms with Crippen LogP contribution < -0.4 is 4.74 Å². The van der Waals surface area contributed by atoms with Gasteiger partial charge in [-0.3, -0.25) is 4.40 Å². The second kappa shape index (κ2) is 7.45. The van der Waals surface area contributed by atoms with Gasteiger partial charge in [0.15, 0.2) is 0 Å². The third-order valence-electron chi connectivity index (χ3n) is 4.18. The largest absolute Gasteiger partial charge is 0.472 e. The van der Waals surface area contributed by atoms with Crippen molar-refractivity contribution in [2.24, 2.45) is 0 Å². The van der Waals surface area contributed by atoms with E-state index in [2.05, 4.69) is 19.9 Å². The molecule has 0 unspecified atom stereocenters. The first-order valence-electron chi connectivity index (χ1n) is 9.07. The molecule has 4 aromatic rings. The number of hydrogen-bond acceptors (Lipinski definition) is 7. The molecule has 0 spiro atoms. The Labute approximate surface area is 172 Å². The van der Waals surface area contributed by atoms with Gasteiger partial charge in [-0.25, -0.2) is 32.7 Å². The van der Waals surface area contributed by atoms with E-state index in [1.807, 2.05) is 13.8 Å². The average molecular weight is 427 g/mol. The third-order valence-corrected chi connectivity index (χ3v) is 5.04. The number of halogens is 1. The van der Waals surface area contributed by atoms with Crippen molar-refractivity contribution in [1.82, 2.24) is 24.3 Å². The summed E-state index contributed by atoms with van der Waals surface area (Å²) in [6, 6.07) is 7.43. The fourth-order valence-corrected chi connectivity index (χ4v) is 3.48. The molecule has 154 valence electrons. The first-order chi connectivity index (χ1) is 14.2. The normalized spacial score (nSPS) is 11.9. The first-order valence-corrected chi connectivity index (χ1v) is 11.0. The van der Waals surface area contributed by atoms with E-state index in [0.29, 0.717) is 34.2 Å². The van der Waals surface area contributed by atoms with Crippen LogP contribution in [0.25, 0.3) is 28.3 Å². The highest BCUT2D eigenvalue weighted by Crippen LogP contribution is 2.34. The molecule has 10 heteroatoms. The molecule has 0 aliphatic heterocycles. The minimum atomic E-state index is -3.62. The highest BCUT2D eigenvalue weighted by Gasteiger charge is 2.22. The standard InChI is InChI=1S/C20H18FN5O3S/c1-12(2)29-19-18-25-16(13-4-6-14(21)7-5-13)17(26(18)11-10-22-19)15-8-9-23-20(24-15)30(3,27)28/h4-12H,1-3H3. The molecule has 3 heterocycles. The molecule has 4 rings (SSSR count). The molecule has 30 heavy (non-hydrogen) atoms. The van der Waals surface area contributed by atoms with Gasteiger partial charge in [-0.1, -0.05) is 0 Å². The second-order valence-corrected chi connectivity index (χ2v) is 8.81. The third kappa shape index (κ3) is 3.73. The molecule has 0 saturated carbocycles. The molecule has 0 bridgehead atoms. The molecule has 0 fully saturated rings. The van der Waals surface area contributed by atoms with Crippen LogP contribution in [-0.4, -0.2) is 45.1 Å². The Kier molecular flexibility index (Phi) is 4.94. The monoisotopic (exact) mass is 427 g/mol. The van der Waals surface area contributed by atoms with Crippen LogP contribution in [-0.2, 0) is 9.84 Å². The predicted octanol–water partition coefficient (Wildman–Crippen LogP) is 3.18. The summed E-state index contributed by atoms with van der Waals surface area (Å²) >= 11 is 0. The Bertz CT molecular complexity index is 1330. The lowest BCUT2D eigenvalue weighted by molar-refractivity contribution is 0.234. The van der Waals surface area contributed by atoms with Crippen molar-refractivity contribution in [3.05, 3.63) is 54.7 Å². The molecule has 1 aromatic carbocycles. The number of ether oxygens (including phenoxy) is 1. The molecule has 0 aliphatic carbocycles. The lowest BCUT2D eigenvalue weighted by Gasteiger charge is -2.09. The molecule has 0 atom stereocenters. The van der Waals surface area contributed by atoms with Crippen LogP contribution in [0.2, 0.25) is 0 Å². The van der Waals surface area contributed by atoms with Crippen molar-refractivity contribution in [2.75, 3.05) is 6.26 Å². The van der Waals surface area contributed by atoms with E-state index in [9.17, 15) is 12.8 Å². The zero-order valence-electron chi connectivity index (χ0n) is 16.4. The Morgan fingerprint density at radius 3 is 2.43 bits per heavy atom. The van der Waals surface area contributed by atoms with E-state index >= 15 is 0 Å². The molecule has 0 amide bonds. The predicted molar refractivity (Wildman–Crippen MR) is 108 cm³/mol. The van der Waals surface area contributed by atoms with Crippen LogP contribution >= 0.6 is 0 Å². The van der Waals surface area contributed by atoms with E-state index in [1.165, 1.54) is 18.3 Å². The van der Waals surface area contributed by atoms with Gasteiger partial charge in [0.1, 0.15) is 5.82 Å². The smallest absolute Gasteiger partial charge is 0.258 e. The zero-order chi connectivity index (χ0) is 21.5. The van der Waals surface area contributed by atoms with Crippen molar-refractivity contribution in [2.45, 2.75) is 25.1 Å².